The minimum Gasteiger partial charge on any atom is -0.456 e. The van der Waals surface area contributed by atoms with Gasteiger partial charge in [0.1, 0.15) is 35.8 Å². The second-order valence-corrected chi connectivity index (χ2v) is 23.6. The number of esters is 4. The topological polar surface area (TPSA) is 237 Å². The smallest absolute Gasteiger partial charge is 0.456 e. The van der Waals surface area contributed by atoms with Gasteiger partial charge < -0.3 is 48.7 Å². The summed E-state index contributed by atoms with van der Waals surface area (Å²) < 4.78 is 41.6. The number of ketones is 1. The van der Waals surface area contributed by atoms with E-state index in [1.807, 2.05) is 21.6 Å². The van der Waals surface area contributed by atoms with Crippen molar-refractivity contribution in [2.45, 2.75) is 140 Å². The fourth-order valence-electron chi connectivity index (χ4n) is 12.2. The molecular weight excluding hydrogens is 1010 g/mol. The van der Waals surface area contributed by atoms with Crippen LogP contribution in [0.2, 0.25) is 0 Å². The van der Waals surface area contributed by atoms with Crippen LogP contribution >= 0.6 is 21.6 Å². The van der Waals surface area contributed by atoms with Crippen LogP contribution in [0.3, 0.4) is 0 Å². The molecule has 19 heteroatoms. The first-order valence-corrected chi connectivity index (χ1v) is 27.7. The summed E-state index contributed by atoms with van der Waals surface area (Å²) in [5.74, 6) is -6.21. The lowest BCUT2D eigenvalue weighted by Gasteiger charge is -2.67. The van der Waals surface area contributed by atoms with Crippen LogP contribution in [0.25, 0.3) is 0 Å². The number of hydrogen-bond acceptors (Lipinski definition) is 18. The summed E-state index contributed by atoms with van der Waals surface area (Å²) in [5.41, 5.74) is -6.23. The first-order chi connectivity index (χ1) is 35.7. The molecule has 4 fully saturated rings. The fraction of sp³-hybridized carbons (Fsp3) is 0.518. The van der Waals surface area contributed by atoms with Crippen molar-refractivity contribution in [2.75, 3.05) is 19.2 Å². The minimum absolute atomic E-state index is 0.0670. The lowest BCUT2D eigenvalue weighted by atomic mass is 9.43. The van der Waals surface area contributed by atoms with Gasteiger partial charge in [-0.1, -0.05) is 116 Å². The monoisotopic (exact) mass is 1070 g/mol. The highest BCUT2D eigenvalue weighted by atomic mass is 33.1. The zero-order valence-corrected chi connectivity index (χ0v) is 44.5. The number of hydrogen-bond donors (Lipinski definition) is 3. The molecule has 3 aromatic carbocycles. The third-order valence-electron chi connectivity index (χ3n) is 16.0. The van der Waals surface area contributed by atoms with Crippen molar-refractivity contribution < 1.29 is 76.9 Å². The average molecular weight is 1070 g/mol. The summed E-state index contributed by atoms with van der Waals surface area (Å²) in [4.78, 5) is 98.3. The summed E-state index contributed by atoms with van der Waals surface area (Å²) in [6.45, 7) is 8.18. The first-order valence-electron chi connectivity index (χ1n) is 25.3. The summed E-state index contributed by atoms with van der Waals surface area (Å²) in [5, 5.41) is 29.2. The number of benzene rings is 3. The molecule has 8 rings (SSSR count). The molecule has 3 N–H and O–H groups in total. The van der Waals surface area contributed by atoms with Crippen LogP contribution in [0, 0.1) is 22.7 Å². The van der Waals surface area contributed by atoms with E-state index in [0.29, 0.717) is 28.4 Å². The molecule has 1 amide bonds. The molecule has 2 unspecified atom stereocenters. The van der Waals surface area contributed by atoms with Crippen molar-refractivity contribution in [3.63, 3.8) is 0 Å². The molecule has 12 atom stereocenters. The summed E-state index contributed by atoms with van der Waals surface area (Å²) in [6.07, 6.45) is -6.11. The highest BCUT2D eigenvalue weighted by molar-refractivity contribution is 8.77. The van der Waals surface area contributed by atoms with Gasteiger partial charge in [0.05, 0.1) is 29.5 Å². The maximum Gasteiger partial charge on any atom is 0.511 e. The molecule has 2 saturated carbocycles. The highest BCUT2D eigenvalue weighted by Crippen LogP contribution is 2.65. The molecule has 3 aromatic rings. The second-order valence-electron chi connectivity index (χ2n) is 20.8. The fourth-order valence-corrected chi connectivity index (χ4v) is 15.2. The van der Waals surface area contributed by atoms with E-state index in [-0.39, 0.29) is 30.6 Å². The van der Waals surface area contributed by atoms with E-state index in [1.165, 1.54) is 26.0 Å². The van der Waals surface area contributed by atoms with Crippen molar-refractivity contribution >= 4 is 63.3 Å². The summed E-state index contributed by atoms with van der Waals surface area (Å²) in [6, 6.07) is 23.2. The Kier molecular flexibility index (Phi) is 16.9. The maximum atomic E-state index is 16.0. The van der Waals surface area contributed by atoms with Crippen molar-refractivity contribution in [1.29, 1.82) is 0 Å². The number of rotatable bonds is 17. The number of amides is 1. The maximum absolute atomic E-state index is 16.0. The van der Waals surface area contributed by atoms with Gasteiger partial charge in [-0.3, -0.25) is 19.2 Å². The lowest BCUT2D eigenvalue weighted by Crippen LogP contribution is -2.81. The number of Topliss-reactive ketones (excluding diaryl/α,β-unsaturated/α-hetero) is 1. The van der Waals surface area contributed by atoms with Crippen LogP contribution in [-0.4, -0.2) is 118 Å². The number of ether oxygens (including phenoxy) is 7. The van der Waals surface area contributed by atoms with Gasteiger partial charge in [0.2, 0.25) is 6.79 Å². The van der Waals surface area contributed by atoms with E-state index in [0.717, 1.165) is 25.0 Å². The van der Waals surface area contributed by atoms with Gasteiger partial charge in [-0.25, -0.2) is 14.4 Å². The number of fused-ring (bicyclic) bond motifs is 5. The van der Waals surface area contributed by atoms with Crippen molar-refractivity contribution in [1.82, 2.24) is 5.32 Å². The van der Waals surface area contributed by atoms with Crippen molar-refractivity contribution in [3.05, 3.63) is 119 Å². The Bertz CT molecular complexity index is 2650. The van der Waals surface area contributed by atoms with Gasteiger partial charge >= 0.3 is 30.0 Å². The van der Waals surface area contributed by atoms with Crippen molar-refractivity contribution in [3.8, 4) is 0 Å². The molecule has 2 bridgehead atoms. The van der Waals surface area contributed by atoms with E-state index in [2.05, 4.69) is 5.32 Å². The van der Waals surface area contributed by atoms with E-state index >= 15 is 4.79 Å². The normalized spacial score (nSPS) is 30.3. The molecule has 17 nitrogen and oxygen atoms in total. The zero-order valence-electron chi connectivity index (χ0n) is 42.9. The number of aliphatic hydroxyl groups excluding tert-OH is 1. The highest BCUT2D eigenvalue weighted by Gasteiger charge is 2.78. The van der Waals surface area contributed by atoms with Gasteiger partial charge in [0, 0.05) is 54.1 Å². The third kappa shape index (κ3) is 11.0. The molecule has 5 aliphatic rings. The molecular formula is C56H65NO16S2. The zero-order chi connectivity index (χ0) is 53.9. The number of unbranched alkanes of at least 4 members (excludes halogenated alkanes) is 1. The van der Waals surface area contributed by atoms with Gasteiger partial charge in [0.15, 0.2) is 11.7 Å². The van der Waals surface area contributed by atoms with Gasteiger partial charge in [0.25, 0.3) is 5.91 Å². The predicted octanol–water partition coefficient (Wildman–Crippen LogP) is 7.82. The average Bonchev–Trinajstić information content (AvgIpc) is 3.92. The minimum atomic E-state index is -2.33. The van der Waals surface area contributed by atoms with Crippen LogP contribution in [0.4, 0.5) is 4.79 Å². The molecule has 2 heterocycles. The lowest BCUT2D eigenvalue weighted by molar-refractivity contribution is -0.345. The number of aliphatic hydroxyl groups is 2. The quantitative estimate of drug-likeness (QED) is 0.0292. The summed E-state index contributed by atoms with van der Waals surface area (Å²) in [7, 11) is 3.71. The van der Waals surface area contributed by atoms with E-state index in [4.69, 9.17) is 33.2 Å². The van der Waals surface area contributed by atoms with E-state index in [9.17, 15) is 39.0 Å². The van der Waals surface area contributed by atoms with E-state index < -0.39 is 125 Å². The van der Waals surface area contributed by atoms with Crippen LogP contribution in [0.5, 0.6) is 0 Å². The molecule has 0 radical (unpaired) electrons. The number of carbonyl (C=O) groups is 7. The third-order valence-corrected chi connectivity index (χ3v) is 19.0. The van der Waals surface area contributed by atoms with Crippen molar-refractivity contribution in [2.24, 2.45) is 22.7 Å². The Labute approximate surface area is 443 Å². The Balaban J connectivity index is 1.15. The molecule has 75 heavy (non-hydrogen) atoms. The van der Waals surface area contributed by atoms with Gasteiger partial charge in [-0.15, -0.1) is 0 Å². The molecule has 0 spiro atoms. The summed E-state index contributed by atoms with van der Waals surface area (Å²) >= 11 is 0. The standard InChI is InChI=1S/C56H65NO16S2/c1-32-39(70-51(64)45(60)44(35-18-10-7-11-19-35)57-49(62)36-20-12-8-13-21-36)29-56(66)48(72-50(63)37-22-14-9-15-23-37)46-54(6,47(61)33(2)43(32)53(56,4)5)40(28-41-55(46,30-67-41)73-34(3)58)71-52(65)69-31-68-42(59)25-17-16-24-38-26-27-74-75-38/h7-15,18-23,33,38-41,44-46,48,60,66H,16-17,24-31H2,1-6H3,(H,57,62)/t33-,38?,39+,40+,41?,44+,45-,46+,48+,54-,55+,56-/m1/s1. The molecule has 0 aromatic heterocycles. The van der Waals surface area contributed by atoms with E-state index in [1.54, 1.807) is 107 Å². The van der Waals surface area contributed by atoms with Gasteiger partial charge in [-0.2, -0.15) is 0 Å². The molecule has 2 saturated heterocycles. The Morgan fingerprint density at radius 3 is 2.13 bits per heavy atom. The van der Waals surface area contributed by atoms with Crippen LogP contribution in [0.1, 0.15) is 119 Å². The SMILES string of the molecule is CC(=O)O[C@@]12COC1C[C@H](OC(=O)OCOC(=O)CCCCC1CCSS1)[C@@]1(C)C(=O)[C@H](C)C3=C(C)[C@@H](OC(=O)[C@H](O)[C@@H](NC(=O)c4ccccc4)c4ccccc4)C[C@@](O)([C@@H](OC(=O)c4ccccc4)[C@@H]12)C3(C)C. The Hall–Kier alpha value is -5.73. The van der Waals surface area contributed by atoms with Crippen LogP contribution in [-0.2, 0) is 52.3 Å². The Morgan fingerprint density at radius 2 is 1.52 bits per heavy atom. The number of nitrogens with one attached hydrogen (secondary N) is 1. The van der Waals surface area contributed by atoms with Gasteiger partial charge in [-0.05, 0) is 74.1 Å². The largest absolute Gasteiger partial charge is 0.511 e. The second kappa shape index (κ2) is 22.9. The number of carbonyl (C=O) groups excluding carboxylic acids is 7. The predicted molar refractivity (Wildman–Crippen MR) is 275 cm³/mol. The molecule has 2 aliphatic heterocycles. The van der Waals surface area contributed by atoms with Crippen LogP contribution in [0.15, 0.2) is 102 Å². The first kappa shape index (κ1) is 55.5. The van der Waals surface area contributed by atoms with Crippen LogP contribution < -0.4 is 5.32 Å². The molecule has 3 aliphatic carbocycles. The molecule has 402 valence electrons. The Morgan fingerprint density at radius 1 is 0.867 bits per heavy atom.